The average Bonchev–Trinajstić information content (AvgIpc) is 2.74. The van der Waals surface area contributed by atoms with E-state index in [1.807, 2.05) is 11.3 Å². The molecule has 0 fully saturated rings. The number of aryl methyl sites for hydroxylation is 3. The van der Waals surface area contributed by atoms with Crippen LogP contribution in [0.5, 0.6) is 0 Å². The Kier molecular flexibility index (Phi) is 5.64. The molecular formula is C17H22INS. The summed E-state index contributed by atoms with van der Waals surface area (Å²) in [6.45, 7) is 9.87. The molecule has 0 amide bonds. The first-order valence-corrected chi connectivity index (χ1v) is 8.99. The number of rotatable bonds is 5. The van der Waals surface area contributed by atoms with Gasteiger partial charge in [-0.1, -0.05) is 25.1 Å². The Bertz CT molecular complexity index is 589. The lowest BCUT2D eigenvalue weighted by Crippen LogP contribution is -2.24. The van der Waals surface area contributed by atoms with Gasteiger partial charge in [0.15, 0.2) is 0 Å². The van der Waals surface area contributed by atoms with Crippen LogP contribution in [-0.2, 0) is 0 Å². The Morgan fingerprint density at radius 1 is 1.20 bits per heavy atom. The predicted molar refractivity (Wildman–Crippen MR) is 97.8 cm³/mol. The van der Waals surface area contributed by atoms with Crippen LogP contribution in [0.1, 0.15) is 45.8 Å². The normalized spacial score (nSPS) is 12.7. The molecule has 1 N–H and O–H groups in total. The van der Waals surface area contributed by atoms with Gasteiger partial charge in [-0.2, -0.15) is 0 Å². The third-order valence-corrected chi connectivity index (χ3v) is 6.16. The maximum Gasteiger partial charge on any atom is 0.0684 e. The average molecular weight is 399 g/mol. The van der Waals surface area contributed by atoms with Crippen LogP contribution in [0.2, 0.25) is 0 Å². The van der Waals surface area contributed by atoms with Crippen LogP contribution in [0.15, 0.2) is 24.3 Å². The van der Waals surface area contributed by atoms with Crippen LogP contribution < -0.4 is 5.32 Å². The SMILES string of the molecule is CCCNC(c1cccc(C)c1I)c1sc(C)cc1C. The lowest BCUT2D eigenvalue weighted by Gasteiger charge is -2.21. The number of thiophene rings is 1. The fraction of sp³-hybridized carbons (Fsp3) is 0.412. The minimum atomic E-state index is 0.320. The lowest BCUT2D eigenvalue weighted by atomic mass is 10.0. The molecule has 1 nitrogen and oxygen atoms in total. The molecular weight excluding hydrogens is 377 g/mol. The van der Waals surface area contributed by atoms with Crippen molar-refractivity contribution in [1.82, 2.24) is 5.32 Å². The number of hydrogen-bond donors (Lipinski definition) is 1. The van der Waals surface area contributed by atoms with Crippen molar-refractivity contribution in [3.05, 3.63) is 54.3 Å². The van der Waals surface area contributed by atoms with Gasteiger partial charge in [-0.3, -0.25) is 0 Å². The predicted octanol–water partition coefficient (Wildman–Crippen LogP) is 5.37. The smallest absolute Gasteiger partial charge is 0.0684 e. The molecule has 0 radical (unpaired) electrons. The van der Waals surface area contributed by atoms with E-state index >= 15 is 0 Å². The zero-order valence-electron chi connectivity index (χ0n) is 12.6. The highest BCUT2D eigenvalue weighted by molar-refractivity contribution is 14.1. The summed E-state index contributed by atoms with van der Waals surface area (Å²) in [7, 11) is 0. The largest absolute Gasteiger partial charge is 0.306 e. The summed E-state index contributed by atoms with van der Waals surface area (Å²) < 4.78 is 1.38. The fourth-order valence-corrected chi connectivity index (χ4v) is 4.27. The molecule has 0 aliphatic carbocycles. The molecule has 20 heavy (non-hydrogen) atoms. The topological polar surface area (TPSA) is 12.0 Å². The van der Waals surface area contributed by atoms with Gasteiger partial charge in [0, 0.05) is 13.3 Å². The van der Waals surface area contributed by atoms with Crippen molar-refractivity contribution in [1.29, 1.82) is 0 Å². The van der Waals surface area contributed by atoms with E-state index in [-0.39, 0.29) is 0 Å². The van der Waals surface area contributed by atoms with Gasteiger partial charge in [-0.05, 0) is 79.1 Å². The van der Waals surface area contributed by atoms with Crippen LogP contribution in [0.3, 0.4) is 0 Å². The van der Waals surface area contributed by atoms with Crippen LogP contribution >= 0.6 is 33.9 Å². The molecule has 108 valence electrons. The van der Waals surface area contributed by atoms with E-state index in [4.69, 9.17) is 0 Å². The van der Waals surface area contributed by atoms with Crippen LogP contribution in [-0.4, -0.2) is 6.54 Å². The minimum absolute atomic E-state index is 0.320. The van der Waals surface area contributed by atoms with E-state index in [1.165, 1.54) is 30.0 Å². The van der Waals surface area contributed by atoms with Crippen LogP contribution in [0, 0.1) is 24.3 Å². The molecule has 0 aliphatic heterocycles. The van der Waals surface area contributed by atoms with E-state index in [0.717, 1.165) is 13.0 Å². The highest BCUT2D eigenvalue weighted by Gasteiger charge is 2.20. The van der Waals surface area contributed by atoms with Crippen molar-refractivity contribution < 1.29 is 0 Å². The van der Waals surface area contributed by atoms with Crippen molar-refractivity contribution in [2.75, 3.05) is 6.54 Å². The Labute approximate surface area is 139 Å². The second kappa shape index (κ2) is 7.05. The monoisotopic (exact) mass is 399 g/mol. The Balaban J connectivity index is 2.47. The quantitative estimate of drug-likeness (QED) is 0.667. The third-order valence-electron chi connectivity index (χ3n) is 3.47. The summed E-state index contributed by atoms with van der Waals surface area (Å²) in [5, 5.41) is 3.73. The van der Waals surface area contributed by atoms with E-state index in [2.05, 4.69) is 79.9 Å². The maximum atomic E-state index is 3.73. The summed E-state index contributed by atoms with van der Waals surface area (Å²) in [6.07, 6.45) is 1.16. The van der Waals surface area contributed by atoms with Gasteiger partial charge in [-0.15, -0.1) is 11.3 Å². The molecule has 2 rings (SSSR count). The molecule has 2 aromatic rings. The molecule has 3 heteroatoms. The van der Waals surface area contributed by atoms with Crippen LogP contribution in [0.25, 0.3) is 0 Å². The van der Waals surface area contributed by atoms with E-state index in [0.29, 0.717) is 6.04 Å². The van der Waals surface area contributed by atoms with E-state index in [1.54, 1.807) is 0 Å². The maximum absolute atomic E-state index is 3.73. The first kappa shape index (κ1) is 16.0. The molecule has 0 bridgehead atoms. The molecule has 0 saturated carbocycles. The number of hydrogen-bond acceptors (Lipinski definition) is 2. The summed E-state index contributed by atoms with van der Waals surface area (Å²) in [5.74, 6) is 0. The van der Waals surface area contributed by atoms with Crippen molar-refractivity contribution in [3.8, 4) is 0 Å². The van der Waals surface area contributed by atoms with Gasteiger partial charge in [0.2, 0.25) is 0 Å². The van der Waals surface area contributed by atoms with Gasteiger partial charge in [-0.25, -0.2) is 0 Å². The zero-order valence-corrected chi connectivity index (χ0v) is 15.6. The molecule has 0 spiro atoms. The molecule has 1 heterocycles. The van der Waals surface area contributed by atoms with Crippen LogP contribution in [0.4, 0.5) is 0 Å². The first-order valence-electron chi connectivity index (χ1n) is 7.10. The fourth-order valence-electron chi connectivity index (χ4n) is 2.47. The zero-order chi connectivity index (χ0) is 14.7. The number of halogens is 1. The standard InChI is InChI=1S/C17H22INS/c1-5-9-19-16(17-12(3)10-13(4)20-17)14-8-6-7-11(2)15(14)18/h6-8,10,16,19H,5,9H2,1-4H3. The Morgan fingerprint density at radius 3 is 2.55 bits per heavy atom. The molecule has 1 aromatic carbocycles. The third kappa shape index (κ3) is 3.43. The van der Waals surface area contributed by atoms with Gasteiger partial charge < -0.3 is 5.32 Å². The van der Waals surface area contributed by atoms with Crippen molar-refractivity contribution >= 4 is 33.9 Å². The molecule has 1 atom stereocenters. The summed E-state index contributed by atoms with van der Waals surface area (Å²) in [4.78, 5) is 2.85. The lowest BCUT2D eigenvalue weighted by molar-refractivity contribution is 0.601. The second-order valence-electron chi connectivity index (χ2n) is 5.27. The Morgan fingerprint density at radius 2 is 1.95 bits per heavy atom. The number of nitrogens with one attached hydrogen (secondary N) is 1. The highest BCUT2D eigenvalue weighted by Crippen LogP contribution is 2.34. The van der Waals surface area contributed by atoms with Crippen molar-refractivity contribution in [3.63, 3.8) is 0 Å². The Hall–Kier alpha value is -0.390. The van der Waals surface area contributed by atoms with E-state index in [9.17, 15) is 0 Å². The summed E-state index contributed by atoms with van der Waals surface area (Å²) in [5.41, 5.74) is 4.17. The van der Waals surface area contributed by atoms with Crippen molar-refractivity contribution in [2.45, 2.75) is 40.2 Å². The van der Waals surface area contributed by atoms with Crippen molar-refractivity contribution in [2.24, 2.45) is 0 Å². The molecule has 1 unspecified atom stereocenters. The molecule has 0 saturated heterocycles. The summed E-state index contributed by atoms with van der Waals surface area (Å²) >= 11 is 4.40. The summed E-state index contributed by atoms with van der Waals surface area (Å²) in [6, 6.07) is 9.23. The van der Waals surface area contributed by atoms with Gasteiger partial charge in [0.1, 0.15) is 0 Å². The second-order valence-corrected chi connectivity index (χ2v) is 7.64. The minimum Gasteiger partial charge on any atom is -0.306 e. The number of benzene rings is 1. The molecule has 0 aliphatic rings. The van der Waals surface area contributed by atoms with E-state index < -0.39 is 0 Å². The van der Waals surface area contributed by atoms with Gasteiger partial charge in [0.25, 0.3) is 0 Å². The highest BCUT2D eigenvalue weighted by atomic mass is 127. The molecule has 1 aromatic heterocycles. The van der Waals surface area contributed by atoms with Gasteiger partial charge >= 0.3 is 0 Å². The van der Waals surface area contributed by atoms with Gasteiger partial charge in [0.05, 0.1) is 6.04 Å². The first-order chi connectivity index (χ1) is 9.54.